The number of ether oxygens (including phenoxy) is 2. The van der Waals surface area contributed by atoms with Crippen molar-refractivity contribution in [2.24, 2.45) is 7.05 Å². The number of halogens is 1. The summed E-state index contributed by atoms with van der Waals surface area (Å²) in [4.78, 5) is 28.7. The lowest BCUT2D eigenvalue weighted by molar-refractivity contribution is 0.0590. The van der Waals surface area contributed by atoms with Crippen molar-refractivity contribution >= 4 is 28.5 Å². The minimum atomic E-state index is -0.413. The van der Waals surface area contributed by atoms with Crippen molar-refractivity contribution in [1.29, 1.82) is 0 Å². The smallest absolute Gasteiger partial charge is 0.354 e. The Morgan fingerprint density at radius 3 is 2.67 bits per heavy atom. The molecular formula is C22H18ClN3O4. The van der Waals surface area contributed by atoms with Crippen LogP contribution in [0, 0.1) is 0 Å². The largest absolute Gasteiger partial charge is 0.487 e. The number of hydrogen-bond acceptors (Lipinski definition) is 5. The van der Waals surface area contributed by atoms with Crippen molar-refractivity contribution in [1.82, 2.24) is 14.1 Å². The van der Waals surface area contributed by atoms with Gasteiger partial charge in [0.05, 0.1) is 29.0 Å². The minimum absolute atomic E-state index is 0.228. The van der Waals surface area contributed by atoms with Gasteiger partial charge in [0, 0.05) is 30.9 Å². The number of fused-ring (bicyclic) bond motifs is 1. The lowest BCUT2D eigenvalue weighted by Gasteiger charge is -2.10. The van der Waals surface area contributed by atoms with Gasteiger partial charge in [-0.05, 0) is 36.4 Å². The number of aromatic nitrogens is 3. The fraction of sp³-hybridized carbons (Fsp3) is 0.136. The summed E-state index contributed by atoms with van der Waals surface area (Å²) in [7, 11) is 3.13. The normalized spacial score (nSPS) is 10.9. The molecule has 4 aromatic rings. The Kier molecular flexibility index (Phi) is 5.29. The molecule has 0 N–H and O–H groups in total. The summed E-state index contributed by atoms with van der Waals surface area (Å²) in [5.74, 6) is 0.0324. The first-order valence-electron chi connectivity index (χ1n) is 9.10. The van der Waals surface area contributed by atoms with E-state index >= 15 is 0 Å². The first-order chi connectivity index (χ1) is 14.5. The molecule has 7 nitrogen and oxygen atoms in total. The number of carbonyl (C=O) groups excluding carboxylic acids is 1. The van der Waals surface area contributed by atoms with E-state index < -0.39 is 5.97 Å². The number of hydrogen-bond donors (Lipinski definition) is 0. The highest BCUT2D eigenvalue weighted by Gasteiger charge is 2.14. The first-order valence-corrected chi connectivity index (χ1v) is 9.48. The zero-order chi connectivity index (χ0) is 21.3. The molecule has 0 aliphatic rings. The average molecular weight is 424 g/mol. The molecule has 1 aromatic carbocycles. The van der Waals surface area contributed by atoms with Gasteiger partial charge >= 0.3 is 5.97 Å². The maximum atomic E-state index is 12.6. The van der Waals surface area contributed by atoms with E-state index in [1.165, 1.54) is 17.7 Å². The van der Waals surface area contributed by atoms with Crippen LogP contribution in [0.25, 0.3) is 16.6 Å². The van der Waals surface area contributed by atoms with E-state index in [4.69, 9.17) is 21.1 Å². The van der Waals surface area contributed by atoms with Crippen LogP contribution in [0.5, 0.6) is 5.75 Å². The van der Waals surface area contributed by atoms with Crippen molar-refractivity contribution in [2.45, 2.75) is 6.61 Å². The van der Waals surface area contributed by atoms with Crippen molar-refractivity contribution < 1.29 is 14.3 Å². The van der Waals surface area contributed by atoms with Crippen molar-refractivity contribution in [2.75, 3.05) is 7.11 Å². The van der Waals surface area contributed by atoms with Crippen LogP contribution >= 0.6 is 11.6 Å². The van der Waals surface area contributed by atoms with Crippen LogP contribution in [0.2, 0.25) is 5.02 Å². The highest BCUT2D eigenvalue weighted by Crippen LogP contribution is 2.22. The number of aryl methyl sites for hydroxylation is 1. The van der Waals surface area contributed by atoms with Gasteiger partial charge in [-0.15, -0.1) is 0 Å². The number of nitrogens with zero attached hydrogens (tertiary/aromatic N) is 3. The molecule has 3 aromatic heterocycles. The van der Waals surface area contributed by atoms with E-state index in [1.54, 1.807) is 48.3 Å². The molecule has 0 unspecified atom stereocenters. The van der Waals surface area contributed by atoms with E-state index in [1.807, 2.05) is 18.2 Å². The van der Waals surface area contributed by atoms with Gasteiger partial charge in [0.15, 0.2) is 0 Å². The molecule has 0 saturated carbocycles. The summed E-state index contributed by atoms with van der Waals surface area (Å²) >= 11 is 5.82. The summed E-state index contributed by atoms with van der Waals surface area (Å²) in [6.07, 6.45) is 3.20. The molecule has 0 radical (unpaired) electrons. The standard InChI is InChI=1S/C22H18ClN3O4/c1-25-19-10-17(6-3-14(19)9-20(25)22(28)29-2)26-8-7-18(11-21(26)27)30-13-16-5-4-15(23)12-24-16/h3-12H,13H2,1-2H3. The maximum absolute atomic E-state index is 12.6. The number of benzene rings is 1. The quantitative estimate of drug-likeness (QED) is 0.457. The highest BCUT2D eigenvalue weighted by molar-refractivity contribution is 6.30. The van der Waals surface area contributed by atoms with E-state index in [0.29, 0.717) is 27.8 Å². The molecule has 0 bridgehead atoms. The van der Waals surface area contributed by atoms with Gasteiger partial charge in [0.1, 0.15) is 18.1 Å². The predicted molar refractivity (Wildman–Crippen MR) is 113 cm³/mol. The topological polar surface area (TPSA) is 75.3 Å². The number of rotatable bonds is 5. The molecular weight excluding hydrogens is 406 g/mol. The van der Waals surface area contributed by atoms with Crippen LogP contribution in [-0.4, -0.2) is 27.2 Å². The van der Waals surface area contributed by atoms with Crippen LogP contribution in [-0.2, 0) is 18.4 Å². The van der Waals surface area contributed by atoms with Crippen LogP contribution < -0.4 is 10.3 Å². The molecule has 0 aliphatic heterocycles. The van der Waals surface area contributed by atoms with Gasteiger partial charge in [-0.3, -0.25) is 14.3 Å². The highest BCUT2D eigenvalue weighted by atomic mass is 35.5. The molecule has 0 fully saturated rings. The zero-order valence-electron chi connectivity index (χ0n) is 16.3. The zero-order valence-corrected chi connectivity index (χ0v) is 17.1. The molecule has 152 valence electrons. The summed E-state index contributed by atoms with van der Waals surface area (Å²) in [5.41, 5.74) is 2.40. The summed E-state index contributed by atoms with van der Waals surface area (Å²) in [5, 5.41) is 1.43. The molecule has 0 spiro atoms. The first kappa shape index (κ1) is 19.7. The second-order valence-electron chi connectivity index (χ2n) is 6.65. The SMILES string of the molecule is COC(=O)c1cc2ccc(-n3ccc(OCc4ccc(Cl)cn4)cc3=O)cc2n1C. The van der Waals surface area contributed by atoms with E-state index in [2.05, 4.69) is 4.98 Å². The van der Waals surface area contributed by atoms with E-state index in [0.717, 1.165) is 10.9 Å². The number of esters is 1. The molecule has 0 aliphatic carbocycles. The molecule has 0 amide bonds. The van der Waals surface area contributed by atoms with Gasteiger partial charge in [-0.2, -0.15) is 0 Å². The second-order valence-corrected chi connectivity index (χ2v) is 7.09. The molecule has 30 heavy (non-hydrogen) atoms. The number of pyridine rings is 2. The Morgan fingerprint density at radius 2 is 1.97 bits per heavy atom. The molecule has 0 atom stereocenters. The third-order valence-corrected chi connectivity index (χ3v) is 4.99. The lowest BCUT2D eigenvalue weighted by atomic mass is 10.2. The van der Waals surface area contributed by atoms with Crippen LogP contribution in [0.4, 0.5) is 0 Å². The second kappa shape index (κ2) is 8.04. The van der Waals surface area contributed by atoms with Crippen LogP contribution in [0.3, 0.4) is 0 Å². The average Bonchev–Trinajstić information content (AvgIpc) is 3.09. The predicted octanol–water partition coefficient (Wildman–Crippen LogP) is 3.74. The van der Waals surface area contributed by atoms with Gasteiger partial charge in [0.2, 0.25) is 0 Å². The molecule has 4 rings (SSSR count). The van der Waals surface area contributed by atoms with Crippen LogP contribution in [0.1, 0.15) is 16.2 Å². The lowest BCUT2D eigenvalue weighted by Crippen LogP contribution is -2.16. The fourth-order valence-electron chi connectivity index (χ4n) is 3.18. The van der Waals surface area contributed by atoms with Crippen molar-refractivity contribution in [3.63, 3.8) is 0 Å². The maximum Gasteiger partial charge on any atom is 0.354 e. The third kappa shape index (κ3) is 3.79. The van der Waals surface area contributed by atoms with Gasteiger partial charge in [-0.25, -0.2) is 4.79 Å². The monoisotopic (exact) mass is 423 g/mol. The third-order valence-electron chi connectivity index (χ3n) is 4.77. The van der Waals surface area contributed by atoms with Gasteiger partial charge < -0.3 is 14.0 Å². The van der Waals surface area contributed by atoms with Crippen LogP contribution in [0.15, 0.2) is 65.7 Å². The number of methoxy groups -OCH3 is 1. The Balaban J connectivity index is 1.60. The summed E-state index contributed by atoms with van der Waals surface area (Å²) < 4.78 is 13.7. The molecule has 8 heteroatoms. The fourth-order valence-corrected chi connectivity index (χ4v) is 3.29. The van der Waals surface area contributed by atoms with Gasteiger partial charge in [0.25, 0.3) is 5.56 Å². The van der Waals surface area contributed by atoms with Crippen molar-refractivity contribution in [3.8, 4) is 11.4 Å². The van der Waals surface area contributed by atoms with E-state index in [9.17, 15) is 9.59 Å². The number of carbonyl (C=O) groups is 1. The Hall–Kier alpha value is -3.58. The molecule has 0 saturated heterocycles. The van der Waals surface area contributed by atoms with E-state index in [-0.39, 0.29) is 12.2 Å². The van der Waals surface area contributed by atoms with Gasteiger partial charge in [-0.1, -0.05) is 17.7 Å². The Bertz CT molecular complexity index is 1290. The summed E-state index contributed by atoms with van der Waals surface area (Å²) in [6, 6.07) is 13.9. The Morgan fingerprint density at radius 1 is 1.13 bits per heavy atom. The molecule has 3 heterocycles. The minimum Gasteiger partial charge on any atom is -0.487 e. The Labute approximate surface area is 177 Å². The summed E-state index contributed by atoms with van der Waals surface area (Å²) in [6.45, 7) is 0.228. The van der Waals surface area contributed by atoms with Crippen molar-refractivity contribution in [3.05, 3.63) is 87.7 Å².